The predicted molar refractivity (Wildman–Crippen MR) is 127 cm³/mol. The van der Waals surface area contributed by atoms with Crippen LogP contribution in [0.25, 0.3) is 6.08 Å². The van der Waals surface area contributed by atoms with Crippen molar-refractivity contribution in [2.24, 2.45) is 0 Å². The number of rotatable bonds is 5. The highest BCUT2D eigenvalue weighted by Gasteiger charge is 2.32. The minimum Gasteiger partial charge on any atom is -0.312 e. The molecule has 2 aromatic rings. The summed E-state index contributed by atoms with van der Waals surface area (Å²) in [4.78, 5) is 29.7. The van der Waals surface area contributed by atoms with Crippen LogP contribution in [0.2, 0.25) is 0 Å². The Bertz CT molecular complexity index is 1010. The largest absolute Gasteiger partial charge is 0.312 e. The molecule has 1 saturated heterocycles. The van der Waals surface area contributed by atoms with Crippen LogP contribution < -0.4 is 4.90 Å². The molecule has 0 saturated carbocycles. The maximum atomic E-state index is 12.8. The minimum atomic E-state index is -0.0682. The number of carbonyl (C=O) groups is 2. The van der Waals surface area contributed by atoms with E-state index in [1.54, 1.807) is 4.90 Å². The molecule has 30 heavy (non-hydrogen) atoms. The molecule has 6 heteroatoms. The second-order valence-electron chi connectivity index (χ2n) is 7.63. The molecule has 1 fully saturated rings. The fourth-order valence-corrected chi connectivity index (χ4v) is 5.13. The SMILES string of the molecule is Cc1ccc(/C=C2/SC(=S)N(CCCC(=O)N3CCCc4ccccc43)C2=O)cc1. The van der Waals surface area contributed by atoms with Gasteiger partial charge in [0.15, 0.2) is 0 Å². The zero-order valence-corrected chi connectivity index (χ0v) is 18.6. The number of thiocarbonyl (C=S) groups is 1. The number of aryl methyl sites for hydroxylation is 2. The summed E-state index contributed by atoms with van der Waals surface area (Å²) in [7, 11) is 0. The van der Waals surface area contributed by atoms with Crippen molar-refractivity contribution in [3.8, 4) is 0 Å². The van der Waals surface area contributed by atoms with Crippen molar-refractivity contribution in [1.29, 1.82) is 0 Å². The number of para-hydroxylation sites is 1. The van der Waals surface area contributed by atoms with Gasteiger partial charge in [-0.1, -0.05) is 72.0 Å². The fourth-order valence-electron chi connectivity index (χ4n) is 3.82. The molecule has 2 aliphatic heterocycles. The molecule has 0 bridgehead atoms. The van der Waals surface area contributed by atoms with Gasteiger partial charge < -0.3 is 4.90 Å². The van der Waals surface area contributed by atoms with Crippen LogP contribution in [-0.2, 0) is 16.0 Å². The van der Waals surface area contributed by atoms with Gasteiger partial charge in [-0.05, 0) is 49.5 Å². The number of hydrogen-bond acceptors (Lipinski definition) is 4. The number of amides is 2. The molecule has 0 radical (unpaired) electrons. The van der Waals surface area contributed by atoms with Crippen molar-refractivity contribution < 1.29 is 9.59 Å². The smallest absolute Gasteiger partial charge is 0.266 e. The van der Waals surface area contributed by atoms with Crippen LogP contribution in [0.5, 0.6) is 0 Å². The van der Waals surface area contributed by atoms with Gasteiger partial charge in [-0.3, -0.25) is 14.5 Å². The lowest BCUT2D eigenvalue weighted by Gasteiger charge is -2.29. The summed E-state index contributed by atoms with van der Waals surface area (Å²) in [6.45, 7) is 3.26. The molecule has 0 aromatic heterocycles. The van der Waals surface area contributed by atoms with E-state index >= 15 is 0 Å². The van der Waals surface area contributed by atoms with E-state index in [-0.39, 0.29) is 11.8 Å². The van der Waals surface area contributed by atoms with Gasteiger partial charge in [0, 0.05) is 25.2 Å². The van der Waals surface area contributed by atoms with Crippen LogP contribution in [0.3, 0.4) is 0 Å². The highest BCUT2D eigenvalue weighted by molar-refractivity contribution is 8.26. The lowest BCUT2D eigenvalue weighted by molar-refractivity contribution is -0.123. The van der Waals surface area contributed by atoms with Gasteiger partial charge in [0.1, 0.15) is 4.32 Å². The summed E-state index contributed by atoms with van der Waals surface area (Å²) < 4.78 is 0.564. The van der Waals surface area contributed by atoms with Crippen LogP contribution in [0.4, 0.5) is 5.69 Å². The number of carbonyl (C=O) groups excluding carboxylic acids is 2. The first-order valence-corrected chi connectivity index (χ1v) is 11.5. The zero-order valence-electron chi connectivity index (χ0n) is 17.0. The Morgan fingerprint density at radius 3 is 2.73 bits per heavy atom. The van der Waals surface area contributed by atoms with Crippen LogP contribution >= 0.6 is 24.0 Å². The van der Waals surface area contributed by atoms with Crippen molar-refractivity contribution in [2.45, 2.75) is 32.6 Å². The summed E-state index contributed by atoms with van der Waals surface area (Å²) >= 11 is 6.75. The number of hydrogen-bond donors (Lipinski definition) is 0. The molecule has 4 rings (SSSR count). The molecule has 154 valence electrons. The third-order valence-electron chi connectivity index (χ3n) is 5.43. The fraction of sp³-hybridized carbons (Fsp3) is 0.292. The van der Waals surface area contributed by atoms with Gasteiger partial charge in [-0.2, -0.15) is 0 Å². The summed E-state index contributed by atoms with van der Waals surface area (Å²) in [5.74, 6) is 0.0455. The van der Waals surface area contributed by atoms with E-state index in [9.17, 15) is 9.59 Å². The first-order chi connectivity index (χ1) is 14.5. The Kier molecular flexibility index (Phi) is 6.35. The molecule has 4 nitrogen and oxygen atoms in total. The predicted octanol–water partition coefficient (Wildman–Crippen LogP) is 4.96. The Labute approximate surface area is 186 Å². The molecule has 0 atom stereocenters. The molecular weight excluding hydrogens is 412 g/mol. The Morgan fingerprint density at radius 1 is 1.17 bits per heavy atom. The van der Waals surface area contributed by atoms with Gasteiger partial charge in [0.2, 0.25) is 5.91 Å². The van der Waals surface area contributed by atoms with Gasteiger partial charge in [-0.25, -0.2) is 0 Å². The topological polar surface area (TPSA) is 40.6 Å². The van der Waals surface area contributed by atoms with E-state index < -0.39 is 0 Å². The molecule has 0 aliphatic carbocycles. The van der Waals surface area contributed by atoms with Crippen LogP contribution in [0, 0.1) is 6.92 Å². The van der Waals surface area contributed by atoms with E-state index in [0.29, 0.717) is 28.6 Å². The molecule has 2 heterocycles. The van der Waals surface area contributed by atoms with Crippen LogP contribution in [0.1, 0.15) is 36.0 Å². The van der Waals surface area contributed by atoms with Crippen LogP contribution in [0.15, 0.2) is 53.4 Å². The maximum absolute atomic E-state index is 12.8. The minimum absolute atomic E-state index is 0.0682. The third kappa shape index (κ3) is 4.50. The summed E-state index contributed by atoms with van der Waals surface area (Å²) in [6.07, 6.45) is 4.89. The molecule has 0 N–H and O–H groups in total. The van der Waals surface area contributed by atoms with Crippen molar-refractivity contribution in [2.75, 3.05) is 18.0 Å². The summed E-state index contributed by atoms with van der Waals surface area (Å²) in [5.41, 5.74) is 4.43. The van der Waals surface area contributed by atoms with Crippen molar-refractivity contribution in [3.05, 3.63) is 70.1 Å². The quantitative estimate of drug-likeness (QED) is 0.491. The highest BCUT2D eigenvalue weighted by Crippen LogP contribution is 2.33. The first kappa shape index (κ1) is 20.8. The van der Waals surface area contributed by atoms with Gasteiger partial charge in [0.25, 0.3) is 5.91 Å². The average molecular weight is 437 g/mol. The monoisotopic (exact) mass is 436 g/mol. The third-order valence-corrected chi connectivity index (χ3v) is 6.81. The van der Waals surface area contributed by atoms with E-state index in [0.717, 1.165) is 30.6 Å². The van der Waals surface area contributed by atoms with Gasteiger partial charge in [-0.15, -0.1) is 0 Å². The van der Waals surface area contributed by atoms with E-state index in [2.05, 4.69) is 6.07 Å². The Balaban J connectivity index is 1.35. The van der Waals surface area contributed by atoms with Gasteiger partial charge >= 0.3 is 0 Å². The second-order valence-corrected chi connectivity index (χ2v) is 9.30. The second kappa shape index (κ2) is 9.14. The first-order valence-electron chi connectivity index (χ1n) is 10.2. The van der Waals surface area contributed by atoms with Crippen molar-refractivity contribution in [1.82, 2.24) is 4.90 Å². The lowest BCUT2D eigenvalue weighted by Crippen LogP contribution is -2.36. The molecule has 2 amide bonds. The number of benzene rings is 2. The Hall–Kier alpha value is -2.44. The number of fused-ring (bicyclic) bond motifs is 1. The van der Waals surface area contributed by atoms with Crippen molar-refractivity contribution in [3.63, 3.8) is 0 Å². The van der Waals surface area contributed by atoms with E-state index in [1.807, 2.05) is 60.4 Å². The summed E-state index contributed by atoms with van der Waals surface area (Å²) in [5, 5.41) is 0. The van der Waals surface area contributed by atoms with Crippen LogP contribution in [-0.4, -0.2) is 34.1 Å². The van der Waals surface area contributed by atoms with Crippen molar-refractivity contribution >= 4 is 51.9 Å². The zero-order chi connectivity index (χ0) is 21.1. The summed E-state index contributed by atoms with van der Waals surface area (Å²) in [6, 6.07) is 16.2. The lowest BCUT2D eigenvalue weighted by atomic mass is 10.0. The maximum Gasteiger partial charge on any atom is 0.266 e. The van der Waals surface area contributed by atoms with E-state index in [4.69, 9.17) is 12.2 Å². The van der Waals surface area contributed by atoms with Gasteiger partial charge in [0.05, 0.1) is 4.91 Å². The number of anilines is 1. The Morgan fingerprint density at radius 2 is 1.93 bits per heavy atom. The molecule has 0 spiro atoms. The highest BCUT2D eigenvalue weighted by atomic mass is 32.2. The molecule has 2 aromatic carbocycles. The number of nitrogens with zero attached hydrogens (tertiary/aromatic N) is 2. The normalized spacial score (nSPS) is 17.6. The standard InChI is InChI=1S/C24H24N2O2S2/c1-17-10-12-18(13-11-17)16-21-23(28)26(24(29)30-21)15-5-9-22(27)25-14-4-7-19-6-2-3-8-20(19)25/h2-3,6,8,10-13,16H,4-5,7,9,14-15H2,1H3/b21-16+. The number of thioether (sulfide) groups is 1. The average Bonchev–Trinajstić information content (AvgIpc) is 3.02. The molecule has 0 unspecified atom stereocenters. The van der Waals surface area contributed by atoms with E-state index in [1.165, 1.54) is 22.9 Å². The molecule has 2 aliphatic rings. The molecular formula is C24H24N2O2S2.